The third-order valence-electron chi connectivity index (χ3n) is 2.80. The number of carboxylic acid groups (broad SMARTS) is 1. The number of rotatable bonds is 5. The molecule has 0 fully saturated rings. The van der Waals surface area contributed by atoms with E-state index in [1.165, 1.54) is 19.1 Å². The number of para-hydroxylation sites is 2. The van der Waals surface area contributed by atoms with Gasteiger partial charge in [0.1, 0.15) is 17.1 Å². The molecule has 0 amide bonds. The van der Waals surface area contributed by atoms with E-state index in [9.17, 15) is 9.59 Å². The quantitative estimate of drug-likeness (QED) is 0.675. The Morgan fingerprint density at radius 2 is 1.64 bits per heavy atom. The van der Waals surface area contributed by atoms with E-state index in [0.29, 0.717) is 10.8 Å². The van der Waals surface area contributed by atoms with Crippen molar-refractivity contribution in [2.45, 2.75) is 13.0 Å². The zero-order valence-electron chi connectivity index (χ0n) is 11.7. The standard InChI is InChI=1S/C16H13ClO5/c1-10(21-14-9-5-3-7-12(14)17)16(20)22-13-8-4-2-6-11(13)15(18)19/h2-10H,1H3,(H,18,19). The lowest BCUT2D eigenvalue weighted by atomic mass is 10.2. The van der Waals surface area contributed by atoms with Crippen LogP contribution in [0.1, 0.15) is 17.3 Å². The largest absolute Gasteiger partial charge is 0.478 e. The highest BCUT2D eigenvalue weighted by atomic mass is 35.5. The maximum Gasteiger partial charge on any atom is 0.352 e. The second kappa shape index (κ2) is 6.95. The van der Waals surface area contributed by atoms with Gasteiger partial charge in [-0.1, -0.05) is 35.9 Å². The van der Waals surface area contributed by atoms with E-state index < -0.39 is 18.0 Å². The van der Waals surface area contributed by atoms with Crippen LogP contribution in [0.2, 0.25) is 5.02 Å². The first-order chi connectivity index (χ1) is 10.5. The third kappa shape index (κ3) is 3.77. The summed E-state index contributed by atoms with van der Waals surface area (Å²) in [5, 5.41) is 9.42. The molecule has 0 aliphatic carbocycles. The van der Waals surface area contributed by atoms with E-state index in [0.717, 1.165) is 0 Å². The lowest BCUT2D eigenvalue weighted by Crippen LogP contribution is -2.29. The Balaban J connectivity index is 2.09. The van der Waals surface area contributed by atoms with E-state index in [2.05, 4.69) is 0 Å². The predicted octanol–water partition coefficient (Wildman–Crippen LogP) is 3.41. The summed E-state index contributed by atoms with van der Waals surface area (Å²) < 4.78 is 10.5. The van der Waals surface area contributed by atoms with Crippen molar-refractivity contribution in [3.05, 3.63) is 59.1 Å². The number of aromatic carboxylic acids is 1. The lowest BCUT2D eigenvalue weighted by molar-refractivity contribution is -0.141. The van der Waals surface area contributed by atoms with Crippen molar-refractivity contribution in [3.63, 3.8) is 0 Å². The topological polar surface area (TPSA) is 72.8 Å². The van der Waals surface area contributed by atoms with Gasteiger partial charge in [-0.2, -0.15) is 0 Å². The minimum absolute atomic E-state index is 0.0328. The van der Waals surface area contributed by atoms with Crippen LogP contribution in [0.4, 0.5) is 0 Å². The molecule has 0 aromatic heterocycles. The molecule has 22 heavy (non-hydrogen) atoms. The average Bonchev–Trinajstić information content (AvgIpc) is 2.49. The molecule has 0 heterocycles. The maximum absolute atomic E-state index is 12.0. The zero-order valence-corrected chi connectivity index (χ0v) is 12.4. The number of benzene rings is 2. The molecule has 5 nitrogen and oxygen atoms in total. The molecule has 0 saturated heterocycles. The van der Waals surface area contributed by atoms with Gasteiger partial charge in [0.2, 0.25) is 0 Å². The van der Waals surface area contributed by atoms with Gasteiger partial charge in [0.25, 0.3) is 0 Å². The highest BCUT2D eigenvalue weighted by Crippen LogP contribution is 2.25. The summed E-state index contributed by atoms with van der Waals surface area (Å²) in [5.74, 6) is -1.58. The van der Waals surface area contributed by atoms with Crippen LogP contribution < -0.4 is 9.47 Å². The van der Waals surface area contributed by atoms with E-state index in [1.54, 1.807) is 36.4 Å². The molecule has 0 radical (unpaired) electrons. The first kappa shape index (κ1) is 15.9. The van der Waals surface area contributed by atoms with Gasteiger partial charge in [-0.15, -0.1) is 0 Å². The minimum atomic E-state index is -1.18. The van der Waals surface area contributed by atoms with E-state index >= 15 is 0 Å². The van der Waals surface area contributed by atoms with E-state index in [1.807, 2.05) is 0 Å². The number of ether oxygens (including phenoxy) is 2. The second-order valence-electron chi connectivity index (χ2n) is 4.41. The molecule has 2 aromatic rings. The number of esters is 1. The van der Waals surface area contributed by atoms with Gasteiger partial charge in [0.05, 0.1) is 5.02 Å². The molecule has 1 atom stereocenters. The molecular weight excluding hydrogens is 308 g/mol. The molecule has 0 spiro atoms. The fraction of sp³-hybridized carbons (Fsp3) is 0.125. The van der Waals surface area contributed by atoms with Crippen LogP contribution in [-0.4, -0.2) is 23.1 Å². The van der Waals surface area contributed by atoms with Gasteiger partial charge in [0, 0.05) is 0 Å². The van der Waals surface area contributed by atoms with Crippen LogP contribution in [0, 0.1) is 0 Å². The highest BCUT2D eigenvalue weighted by molar-refractivity contribution is 6.32. The van der Waals surface area contributed by atoms with Crippen LogP contribution in [0.5, 0.6) is 11.5 Å². The average molecular weight is 321 g/mol. The Morgan fingerprint density at radius 3 is 2.27 bits per heavy atom. The van der Waals surface area contributed by atoms with E-state index in [-0.39, 0.29) is 11.3 Å². The summed E-state index contributed by atoms with van der Waals surface area (Å²) >= 11 is 5.95. The van der Waals surface area contributed by atoms with Crippen molar-refractivity contribution in [2.24, 2.45) is 0 Å². The number of hydrogen-bond acceptors (Lipinski definition) is 4. The Hall–Kier alpha value is -2.53. The van der Waals surface area contributed by atoms with Crippen molar-refractivity contribution in [1.82, 2.24) is 0 Å². The molecule has 0 bridgehead atoms. The molecular formula is C16H13ClO5. The summed E-state index contributed by atoms with van der Waals surface area (Å²) in [4.78, 5) is 23.1. The normalized spacial score (nSPS) is 11.5. The summed E-state index contributed by atoms with van der Waals surface area (Å²) in [6, 6.07) is 12.6. The molecule has 0 aliphatic rings. The molecule has 2 rings (SSSR count). The number of carbonyl (C=O) groups excluding carboxylic acids is 1. The maximum atomic E-state index is 12.0. The molecule has 1 unspecified atom stereocenters. The Morgan fingerprint density at radius 1 is 1.05 bits per heavy atom. The zero-order chi connectivity index (χ0) is 16.1. The van der Waals surface area contributed by atoms with Gasteiger partial charge in [-0.05, 0) is 31.2 Å². The summed E-state index contributed by atoms with van der Waals surface area (Å²) in [6.07, 6.45) is -0.943. The third-order valence-corrected chi connectivity index (χ3v) is 3.11. The fourth-order valence-corrected chi connectivity index (χ4v) is 1.88. The molecule has 2 aromatic carbocycles. The number of carbonyl (C=O) groups is 2. The van der Waals surface area contributed by atoms with Crippen LogP contribution in [0.25, 0.3) is 0 Å². The molecule has 114 valence electrons. The van der Waals surface area contributed by atoms with Crippen molar-refractivity contribution >= 4 is 23.5 Å². The fourth-order valence-electron chi connectivity index (χ4n) is 1.70. The van der Waals surface area contributed by atoms with Gasteiger partial charge >= 0.3 is 11.9 Å². The number of hydrogen-bond donors (Lipinski definition) is 1. The van der Waals surface area contributed by atoms with Crippen LogP contribution in [0.3, 0.4) is 0 Å². The van der Waals surface area contributed by atoms with Crippen LogP contribution in [0.15, 0.2) is 48.5 Å². The van der Waals surface area contributed by atoms with Crippen molar-refractivity contribution < 1.29 is 24.2 Å². The minimum Gasteiger partial charge on any atom is -0.478 e. The monoisotopic (exact) mass is 320 g/mol. The smallest absolute Gasteiger partial charge is 0.352 e. The molecule has 6 heteroatoms. The molecule has 0 saturated carbocycles. The Kier molecular flexibility index (Phi) is 5.01. The predicted molar refractivity (Wildman–Crippen MR) is 80.6 cm³/mol. The van der Waals surface area contributed by atoms with Crippen LogP contribution in [-0.2, 0) is 4.79 Å². The van der Waals surface area contributed by atoms with Gasteiger partial charge in [-0.3, -0.25) is 0 Å². The van der Waals surface area contributed by atoms with Crippen molar-refractivity contribution in [1.29, 1.82) is 0 Å². The number of halogens is 1. The number of carboxylic acids is 1. The van der Waals surface area contributed by atoms with Gasteiger partial charge in [-0.25, -0.2) is 9.59 Å². The molecule has 1 N–H and O–H groups in total. The molecule has 0 aliphatic heterocycles. The second-order valence-corrected chi connectivity index (χ2v) is 4.82. The highest BCUT2D eigenvalue weighted by Gasteiger charge is 2.21. The Bertz CT molecular complexity index is 698. The van der Waals surface area contributed by atoms with Crippen molar-refractivity contribution in [3.8, 4) is 11.5 Å². The lowest BCUT2D eigenvalue weighted by Gasteiger charge is -2.15. The van der Waals surface area contributed by atoms with E-state index in [4.69, 9.17) is 26.2 Å². The summed E-state index contributed by atoms with van der Waals surface area (Å²) in [5.41, 5.74) is -0.0965. The Labute approximate surface area is 132 Å². The summed E-state index contributed by atoms with van der Waals surface area (Å²) in [6.45, 7) is 1.50. The first-order valence-electron chi connectivity index (χ1n) is 6.44. The first-order valence-corrected chi connectivity index (χ1v) is 6.82. The summed E-state index contributed by atoms with van der Waals surface area (Å²) in [7, 11) is 0. The van der Waals surface area contributed by atoms with Crippen LogP contribution >= 0.6 is 11.6 Å². The van der Waals surface area contributed by atoms with Crippen molar-refractivity contribution in [2.75, 3.05) is 0 Å². The van der Waals surface area contributed by atoms with Gasteiger partial charge < -0.3 is 14.6 Å². The SMILES string of the molecule is CC(Oc1ccccc1Cl)C(=O)Oc1ccccc1C(=O)O. The van der Waals surface area contributed by atoms with Gasteiger partial charge in [0.15, 0.2) is 6.10 Å².